The van der Waals surface area contributed by atoms with Crippen LogP contribution in [0.4, 0.5) is 0 Å². The van der Waals surface area contributed by atoms with Crippen LogP contribution >= 0.6 is 22.9 Å². The van der Waals surface area contributed by atoms with Crippen molar-refractivity contribution < 1.29 is 4.79 Å². The molecule has 0 aliphatic heterocycles. The molecule has 0 spiro atoms. The van der Waals surface area contributed by atoms with E-state index in [4.69, 9.17) is 22.0 Å². The molecule has 0 amide bonds. The third-order valence-electron chi connectivity index (χ3n) is 4.84. The van der Waals surface area contributed by atoms with Gasteiger partial charge in [0, 0.05) is 38.0 Å². The molecule has 1 N–H and O–H groups in total. The molecular weight excluding hydrogens is 388 g/mol. The molecule has 5 heteroatoms. The predicted molar refractivity (Wildman–Crippen MR) is 122 cm³/mol. The molecule has 0 bridgehead atoms. The molecule has 1 aromatic carbocycles. The summed E-state index contributed by atoms with van der Waals surface area (Å²) in [5.41, 5.74) is 4.63. The number of aryl methyl sites for hydroxylation is 2. The largest absolute Gasteiger partial charge is 0.308 e. The van der Waals surface area contributed by atoms with Crippen LogP contribution in [-0.2, 0) is 11.2 Å². The summed E-state index contributed by atoms with van der Waals surface area (Å²) in [7, 11) is 0. The Morgan fingerprint density at radius 2 is 1.86 bits per heavy atom. The second-order valence-corrected chi connectivity index (χ2v) is 9.02. The van der Waals surface area contributed by atoms with Crippen molar-refractivity contribution in [3.05, 3.63) is 55.7 Å². The summed E-state index contributed by atoms with van der Waals surface area (Å²) in [6, 6.07) is 7.23. The van der Waals surface area contributed by atoms with Gasteiger partial charge in [-0.2, -0.15) is 0 Å². The van der Waals surface area contributed by atoms with Crippen LogP contribution in [-0.4, -0.2) is 23.2 Å². The molecule has 2 aromatic rings. The fourth-order valence-corrected chi connectivity index (χ4v) is 4.48. The second-order valence-electron chi connectivity index (χ2n) is 7.27. The second kappa shape index (κ2) is 10.1. The summed E-state index contributed by atoms with van der Waals surface area (Å²) in [6.45, 7) is 9.76. The Kier molecular flexibility index (Phi) is 8.14. The molecule has 0 aliphatic rings. The molecule has 1 heterocycles. The quantitative estimate of drug-likeness (QED) is 0.460. The maximum absolute atomic E-state index is 11.8. The van der Waals surface area contributed by atoms with E-state index in [0.717, 1.165) is 36.1 Å². The van der Waals surface area contributed by atoms with Crippen LogP contribution in [0.1, 0.15) is 66.5 Å². The predicted octanol–water partition coefficient (Wildman–Crippen LogP) is 6.59. The number of rotatable bonds is 9. The van der Waals surface area contributed by atoms with Crippen LogP contribution in [0.2, 0.25) is 5.02 Å². The minimum absolute atomic E-state index is 0.0419. The van der Waals surface area contributed by atoms with Gasteiger partial charge in [0.05, 0.1) is 11.8 Å². The number of halogens is 1. The molecule has 1 atom stereocenters. The zero-order valence-electron chi connectivity index (χ0n) is 17.4. The zero-order chi connectivity index (χ0) is 20.8. The molecule has 0 unspecified atom stereocenters. The number of nitrogens with one attached hydrogen (secondary N) is 1. The number of benzene rings is 1. The summed E-state index contributed by atoms with van der Waals surface area (Å²) in [6.07, 6.45) is 3.52. The summed E-state index contributed by atoms with van der Waals surface area (Å²) in [5.74, 6) is 0.0419. The Labute approximate surface area is 177 Å². The molecule has 0 fully saturated rings. The van der Waals surface area contributed by atoms with Gasteiger partial charge in [-0.1, -0.05) is 37.1 Å². The maximum Gasteiger partial charge on any atom is 0.132 e. The number of hydrogen-bond acceptors (Lipinski definition) is 4. The van der Waals surface area contributed by atoms with Crippen LogP contribution in [0.5, 0.6) is 0 Å². The first-order valence-corrected chi connectivity index (χ1v) is 10.9. The average Bonchev–Trinajstić information content (AvgIpc) is 2.91. The van der Waals surface area contributed by atoms with Crippen molar-refractivity contribution in [2.45, 2.75) is 66.3 Å². The van der Waals surface area contributed by atoms with Gasteiger partial charge in [0.2, 0.25) is 0 Å². The number of carbonyl (C=O) groups excluding carboxylic acids is 1. The van der Waals surface area contributed by atoms with E-state index in [-0.39, 0.29) is 12.2 Å². The number of Topliss-reactive ketones (excluding diaryl/α,β-unsaturated/α-hetero) is 1. The number of thiophene rings is 1. The lowest BCUT2D eigenvalue weighted by atomic mass is 9.96. The van der Waals surface area contributed by atoms with Crippen molar-refractivity contribution in [2.24, 2.45) is 4.99 Å². The van der Waals surface area contributed by atoms with Gasteiger partial charge in [0.25, 0.3) is 0 Å². The zero-order valence-corrected chi connectivity index (χ0v) is 18.9. The van der Waals surface area contributed by atoms with Gasteiger partial charge in [-0.15, -0.1) is 11.3 Å². The molecule has 0 radical (unpaired) electrons. The number of nitrogens with zero attached hydrogens (tertiary/aromatic N) is 1. The van der Waals surface area contributed by atoms with Gasteiger partial charge < -0.3 is 5.41 Å². The Bertz CT molecular complexity index is 881. The number of carbonyl (C=O) groups is 1. The van der Waals surface area contributed by atoms with Crippen LogP contribution in [0.25, 0.3) is 0 Å². The SMILES string of the molecule is CCCCc1sc(C)c(C)c1C(=N[C@@H](CC(C)=O)C(C)=N)c1ccc(Cl)cc1. The minimum atomic E-state index is -0.443. The van der Waals surface area contributed by atoms with Gasteiger partial charge in [-0.3, -0.25) is 9.79 Å². The fraction of sp³-hybridized carbons (Fsp3) is 0.435. The van der Waals surface area contributed by atoms with E-state index in [1.54, 1.807) is 13.8 Å². The van der Waals surface area contributed by atoms with Crippen LogP contribution < -0.4 is 0 Å². The lowest BCUT2D eigenvalue weighted by Gasteiger charge is -2.16. The molecule has 0 saturated heterocycles. The fourth-order valence-electron chi connectivity index (χ4n) is 3.14. The van der Waals surface area contributed by atoms with Gasteiger partial charge in [-0.05, 0) is 58.2 Å². The van der Waals surface area contributed by atoms with E-state index in [1.165, 1.54) is 15.3 Å². The number of ketones is 1. The first kappa shape index (κ1) is 22.5. The highest BCUT2D eigenvalue weighted by atomic mass is 35.5. The van der Waals surface area contributed by atoms with E-state index in [0.29, 0.717) is 10.7 Å². The van der Waals surface area contributed by atoms with Gasteiger partial charge in [-0.25, -0.2) is 0 Å². The van der Waals surface area contributed by atoms with Gasteiger partial charge >= 0.3 is 0 Å². The lowest BCUT2D eigenvalue weighted by Crippen LogP contribution is -2.21. The molecule has 3 nitrogen and oxygen atoms in total. The van der Waals surface area contributed by atoms with Crippen molar-refractivity contribution >= 4 is 40.1 Å². The highest BCUT2D eigenvalue weighted by Gasteiger charge is 2.22. The van der Waals surface area contributed by atoms with Gasteiger partial charge in [0.1, 0.15) is 5.78 Å². The number of unbranched alkanes of at least 4 members (excludes halogenated alkanes) is 1. The smallest absolute Gasteiger partial charge is 0.132 e. The lowest BCUT2D eigenvalue weighted by molar-refractivity contribution is -0.117. The first-order valence-electron chi connectivity index (χ1n) is 9.72. The highest BCUT2D eigenvalue weighted by molar-refractivity contribution is 7.12. The van der Waals surface area contributed by atoms with Crippen LogP contribution in [0.15, 0.2) is 29.3 Å². The van der Waals surface area contributed by atoms with Crippen LogP contribution in [0, 0.1) is 19.3 Å². The van der Waals surface area contributed by atoms with Crippen molar-refractivity contribution in [1.29, 1.82) is 5.41 Å². The summed E-state index contributed by atoms with van der Waals surface area (Å²) < 4.78 is 0. The molecule has 150 valence electrons. The molecule has 0 aliphatic carbocycles. The van der Waals surface area contributed by atoms with E-state index in [2.05, 4.69) is 20.8 Å². The van der Waals surface area contributed by atoms with E-state index >= 15 is 0 Å². The summed E-state index contributed by atoms with van der Waals surface area (Å²) >= 11 is 7.93. The Morgan fingerprint density at radius 3 is 2.39 bits per heavy atom. The average molecular weight is 417 g/mol. The molecular formula is C23H29ClN2OS. The topological polar surface area (TPSA) is 53.3 Å². The monoisotopic (exact) mass is 416 g/mol. The molecule has 28 heavy (non-hydrogen) atoms. The Hall–Kier alpha value is -1.78. The molecule has 1 aromatic heterocycles. The third kappa shape index (κ3) is 5.62. The standard InChI is InChI=1S/C23H29ClN2OS/c1-6-7-8-21-22(15(3)17(5)28-21)23(18-9-11-19(24)12-10-18)26-20(16(4)25)13-14(2)27/h9-12,20,25H,6-8,13H2,1-5H3/t20-/m0/s1. The van der Waals surface area contributed by atoms with Crippen molar-refractivity contribution in [1.82, 2.24) is 0 Å². The van der Waals surface area contributed by atoms with Gasteiger partial charge in [0.15, 0.2) is 0 Å². The highest BCUT2D eigenvalue weighted by Crippen LogP contribution is 2.32. The van der Waals surface area contributed by atoms with Crippen molar-refractivity contribution in [3.63, 3.8) is 0 Å². The van der Waals surface area contributed by atoms with Crippen molar-refractivity contribution in [2.75, 3.05) is 0 Å². The third-order valence-corrected chi connectivity index (χ3v) is 6.35. The first-order chi connectivity index (χ1) is 13.2. The summed E-state index contributed by atoms with van der Waals surface area (Å²) in [5, 5.41) is 8.82. The maximum atomic E-state index is 11.8. The van der Waals surface area contributed by atoms with Crippen LogP contribution in [0.3, 0.4) is 0 Å². The van der Waals surface area contributed by atoms with E-state index in [9.17, 15) is 4.79 Å². The normalized spacial score (nSPS) is 12.9. The number of aliphatic imine (C=N–C) groups is 1. The molecule has 2 rings (SSSR count). The Morgan fingerprint density at radius 1 is 1.21 bits per heavy atom. The summed E-state index contributed by atoms with van der Waals surface area (Å²) in [4.78, 5) is 19.3. The molecule has 0 saturated carbocycles. The number of hydrogen-bond donors (Lipinski definition) is 1. The minimum Gasteiger partial charge on any atom is -0.308 e. The van der Waals surface area contributed by atoms with E-state index in [1.807, 2.05) is 35.6 Å². The Balaban J connectivity index is 2.68. The van der Waals surface area contributed by atoms with E-state index < -0.39 is 6.04 Å². The van der Waals surface area contributed by atoms with Crippen molar-refractivity contribution in [3.8, 4) is 0 Å².